The predicted molar refractivity (Wildman–Crippen MR) is 53.4 cm³/mol. The third-order valence-corrected chi connectivity index (χ3v) is 2.74. The van der Waals surface area contributed by atoms with Crippen LogP contribution in [0.1, 0.15) is 12.8 Å². The summed E-state index contributed by atoms with van der Waals surface area (Å²) < 4.78 is 0. The minimum Gasteiger partial charge on any atom is -0.384 e. The van der Waals surface area contributed by atoms with E-state index in [-0.39, 0.29) is 0 Å². The van der Waals surface area contributed by atoms with Gasteiger partial charge in [0.2, 0.25) is 0 Å². The van der Waals surface area contributed by atoms with Crippen LogP contribution in [0.2, 0.25) is 0 Å². The van der Waals surface area contributed by atoms with Crippen LogP contribution in [-0.4, -0.2) is 18.1 Å². The highest BCUT2D eigenvalue weighted by molar-refractivity contribution is 5.41. The maximum absolute atomic E-state index is 5.68. The number of hydrogen-bond donors (Lipinski definition) is 2. The van der Waals surface area contributed by atoms with E-state index in [2.05, 4.69) is 10.3 Å². The summed E-state index contributed by atoms with van der Waals surface area (Å²) >= 11 is 0. The van der Waals surface area contributed by atoms with Crippen LogP contribution in [0.4, 0.5) is 5.69 Å². The van der Waals surface area contributed by atoms with Gasteiger partial charge in [-0.1, -0.05) is 0 Å². The Morgan fingerprint density at radius 3 is 2.62 bits per heavy atom. The summed E-state index contributed by atoms with van der Waals surface area (Å²) in [5, 5.41) is 3.38. The molecule has 0 spiro atoms. The molecule has 13 heavy (non-hydrogen) atoms. The number of rotatable bonds is 4. The third kappa shape index (κ3) is 1.98. The van der Waals surface area contributed by atoms with Gasteiger partial charge in [-0.05, 0) is 36.9 Å². The number of nitrogens with two attached hydrogens (primary N) is 1. The van der Waals surface area contributed by atoms with E-state index >= 15 is 0 Å². The van der Waals surface area contributed by atoms with Crippen LogP contribution in [0.5, 0.6) is 0 Å². The summed E-state index contributed by atoms with van der Waals surface area (Å²) in [6, 6.07) is 3.96. The lowest BCUT2D eigenvalue weighted by Gasteiger charge is -2.13. The highest BCUT2D eigenvalue weighted by atomic mass is 14.9. The average Bonchev–Trinajstić information content (AvgIpc) is 2.97. The second-order valence-corrected chi connectivity index (χ2v) is 3.79. The Hall–Kier alpha value is -1.09. The first kappa shape index (κ1) is 8.51. The molecule has 3 nitrogen and oxygen atoms in total. The molecule has 1 aliphatic rings. The van der Waals surface area contributed by atoms with Crippen molar-refractivity contribution in [2.75, 3.05) is 18.4 Å². The first-order valence-electron chi connectivity index (χ1n) is 4.69. The number of pyridine rings is 1. The summed E-state index contributed by atoms with van der Waals surface area (Å²) in [4.78, 5) is 3.96. The van der Waals surface area contributed by atoms with Crippen LogP contribution in [0.25, 0.3) is 0 Å². The van der Waals surface area contributed by atoms with Gasteiger partial charge < -0.3 is 11.1 Å². The van der Waals surface area contributed by atoms with Gasteiger partial charge in [0, 0.05) is 24.6 Å². The summed E-state index contributed by atoms with van der Waals surface area (Å²) in [6.07, 6.45) is 6.12. The van der Waals surface area contributed by atoms with Crippen molar-refractivity contribution in [3.8, 4) is 0 Å². The predicted octanol–water partition coefficient (Wildman–Crippen LogP) is 1.23. The molecule has 0 amide bonds. The molecule has 1 aliphatic carbocycles. The van der Waals surface area contributed by atoms with E-state index < -0.39 is 0 Å². The number of hydrogen-bond acceptors (Lipinski definition) is 3. The molecule has 1 saturated carbocycles. The Labute approximate surface area is 78.4 Å². The Balaban J connectivity index is 1.86. The summed E-state index contributed by atoms with van der Waals surface area (Å²) in [7, 11) is 0. The first-order valence-corrected chi connectivity index (χ1v) is 4.69. The van der Waals surface area contributed by atoms with E-state index in [9.17, 15) is 0 Å². The molecule has 70 valence electrons. The molecule has 2 rings (SSSR count). The summed E-state index contributed by atoms with van der Waals surface area (Å²) in [6.45, 7) is 1.79. The molecule has 3 N–H and O–H groups in total. The lowest BCUT2D eigenvalue weighted by Crippen LogP contribution is -2.24. The normalized spacial score (nSPS) is 18.2. The molecule has 3 heteroatoms. The van der Waals surface area contributed by atoms with Crippen molar-refractivity contribution < 1.29 is 0 Å². The molecule has 1 heterocycles. The van der Waals surface area contributed by atoms with Gasteiger partial charge in [-0.2, -0.15) is 0 Å². The van der Waals surface area contributed by atoms with Crippen molar-refractivity contribution in [3.05, 3.63) is 24.5 Å². The lowest BCUT2D eigenvalue weighted by atomic mass is 10.1. The molecule has 1 aromatic heterocycles. The van der Waals surface area contributed by atoms with Crippen LogP contribution in [-0.2, 0) is 0 Å². The van der Waals surface area contributed by atoms with Crippen molar-refractivity contribution in [1.82, 2.24) is 4.98 Å². The number of nitrogens with zero attached hydrogens (tertiary/aromatic N) is 1. The smallest absolute Gasteiger partial charge is 0.0371 e. The third-order valence-electron chi connectivity index (χ3n) is 2.74. The average molecular weight is 177 g/mol. The van der Waals surface area contributed by atoms with Crippen LogP contribution < -0.4 is 11.1 Å². The fourth-order valence-corrected chi connectivity index (χ4v) is 1.39. The zero-order chi connectivity index (χ0) is 9.15. The first-order chi connectivity index (χ1) is 6.35. The molecule has 0 bridgehead atoms. The Bertz CT molecular complexity index is 267. The molecular formula is C10H15N3. The van der Waals surface area contributed by atoms with Gasteiger partial charge in [0.15, 0.2) is 0 Å². The van der Waals surface area contributed by atoms with E-state index in [1.165, 1.54) is 12.8 Å². The zero-order valence-electron chi connectivity index (χ0n) is 7.66. The van der Waals surface area contributed by atoms with Gasteiger partial charge in [-0.15, -0.1) is 0 Å². The molecule has 0 saturated heterocycles. The van der Waals surface area contributed by atoms with Crippen LogP contribution in [0.3, 0.4) is 0 Å². The molecule has 0 atom stereocenters. The van der Waals surface area contributed by atoms with E-state index in [0.717, 1.165) is 18.8 Å². The van der Waals surface area contributed by atoms with Crippen molar-refractivity contribution in [2.24, 2.45) is 11.1 Å². The number of anilines is 1. The van der Waals surface area contributed by atoms with E-state index in [0.29, 0.717) is 5.41 Å². The number of nitrogens with one attached hydrogen (secondary N) is 1. The largest absolute Gasteiger partial charge is 0.384 e. The van der Waals surface area contributed by atoms with Gasteiger partial charge in [0.05, 0.1) is 0 Å². The van der Waals surface area contributed by atoms with Crippen molar-refractivity contribution in [1.29, 1.82) is 0 Å². The monoisotopic (exact) mass is 177 g/mol. The summed E-state index contributed by atoms with van der Waals surface area (Å²) in [5.41, 5.74) is 7.21. The van der Waals surface area contributed by atoms with Crippen molar-refractivity contribution in [3.63, 3.8) is 0 Å². The fourth-order valence-electron chi connectivity index (χ4n) is 1.39. The maximum Gasteiger partial charge on any atom is 0.0371 e. The van der Waals surface area contributed by atoms with E-state index in [4.69, 9.17) is 5.73 Å². The van der Waals surface area contributed by atoms with Gasteiger partial charge in [0.1, 0.15) is 0 Å². The topological polar surface area (TPSA) is 50.9 Å². The van der Waals surface area contributed by atoms with Crippen molar-refractivity contribution >= 4 is 5.69 Å². The standard InChI is InChI=1S/C10H15N3/c11-7-10(3-4-10)8-13-9-1-5-12-6-2-9/h1-2,5-6H,3-4,7-8,11H2,(H,12,13). The minimum atomic E-state index is 0.392. The van der Waals surface area contributed by atoms with E-state index in [1.807, 2.05) is 12.1 Å². The molecule has 1 fully saturated rings. The minimum absolute atomic E-state index is 0.392. The van der Waals surface area contributed by atoms with Gasteiger partial charge in [-0.3, -0.25) is 4.98 Å². The zero-order valence-corrected chi connectivity index (χ0v) is 7.66. The SMILES string of the molecule is NCC1(CNc2ccncc2)CC1. The Morgan fingerprint density at radius 1 is 1.38 bits per heavy atom. The van der Waals surface area contributed by atoms with E-state index in [1.54, 1.807) is 12.4 Å². The van der Waals surface area contributed by atoms with Gasteiger partial charge >= 0.3 is 0 Å². The second-order valence-electron chi connectivity index (χ2n) is 3.79. The number of aromatic nitrogens is 1. The molecule has 0 radical (unpaired) electrons. The Morgan fingerprint density at radius 2 is 2.08 bits per heavy atom. The van der Waals surface area contributed by atoms with Crippen LogP contribution in [0.15, 0.2) is 24.5 Å². The molecule has 0 aliphatic heterocycles. The molecule has 0 aromatic carbocycles. The van der Waals surface area contributed by atoms with Crippen molar-refractivity contribution in [2.45, 2.75) is 12.8 Å². The fraction of sp³-hybridized carbons (Fsp3) is 0.500. The second kappa shape index (κ2) is 3.34. The highest BCUT2D eigenvalue weighted by Gasteiger charge is 2.40. The Kier molecular flexibility index (Phi) is 2.19. The maximum atomic E-state index is 5.68. The highest BCUT2D eigenvalue weighted by Crippen LogP contribution is 2.44. The molecule has 1 aromatic rings. The summed E-state index contributed by atoms with van der Waals surface area (Å²) in [5.74, 6) is 0. The van der Waals surface area contributed by atoms with Gasteiger partial charge in [-0.25, -0.2) is 0 Å². The quantitative estimate of drug-likeness (QED) is 0.727. The molecular weight excluding hydrogens is 162 g/mol. The molecule has 0 unspecified atom stereocenters. The lowest BCUT2D eigenvalue weighted by molar-refractivity contribution is 0.556. The van der Waals surface area contributed by atoms with Crippen LogP contribution >= 0.6 is 0 Å². The van der Waals surface area contributed by atoms with Crippen LogP contribution in [0, 0.1) is 5.41 Å². The van der Waals surface area contributed by atoms with Gasteiger partial charge in [0.25, 0.3) is 0 Å².